The van der Waals surface area contributed by atoms with Crippen molar-refractivity contribution in [2.75, 3.05) is 20.1 Å². The van der Waals surface area contributed by atoms with E-state index in [2.05, 4.69) is 5.32 Å². The van der Waals surface area contributed by atoms with Gasteiger partial charge in [-0.1, -0.05) is 19.1 Å². The van der Waals surface area contributed by atoms with E-state index in [1.165, 1.54) is 19.2 Å². The van der Waals surface area contributed by atoms with Gasteiger partial charge in [-0.3, -0.25) is 4.79 Å². The van der Waals surface area contributed by atoms with Crippen LogP contribution in [0, 0.1) is 0 Å². The molecule has 0 spiro atoms. The second-order valence-electron chi connectivity index (χ2n) is 3.95. The number of rotatable bonds is 6. The normalized spacial score (nSPS) is 11.6. The predicted octanol–water partition coefficient (Wildman–Crippen LogP) is -0.0981. The summed E-state index contributed by atoms with van der Waals surface area (Å²) in [6.45, 7) is 2.09. The molecule has 0 aromatic heterocycles. The number of nitrogens with two attached hydrogens (primary N) is 1. The van der Waals surface area contributed by atoms with Crippen molar-refractivity contribution in [2.45, 2.75) is 18.4 Å². The summed E-state index contributed by atoms with van der Waals surface area (Å²) in [5.74, 6) is -0.344. The van der Waals surface area contributed by atoms with Gasteiger partial charge >= 0.3 is 0 Å². The molecule has 6 nitrogen and oxygen atoms in total. The average molecular weight is 285 g/mol. The summed E-state index contributed by atoms with van der Waals surface area (Å²) in [6.07, 6.45) is 0. The number of nitrogens with zero attached hydrogens (tertiary/aromatic N) is 1. The second-order valence-corrected chi connectivity index (χ2v) is 5.89. The molecule has 1 rings (SSSR count). The quantitative estimate of drug-likeness (QED) is 0.763. The Kier molecular flexibility index (Phi) is 5.46. The van der Waals surface area contributed by atoms with Crippen LogP contribution in [0.15, 0.2) is 29.2 Å². The molecular weight excluding hydrogens is 266 g/mol. The molecule has 106 valence electrons. The Labute approximate surface area is 113 Å². The van der Waals surface area contributed by atoms with Crippen LogP contribution in [0.4, 0.5) is 0 Å². The zero-order valence-electron chi connectivity index (χ0n) is 11.1. The Morgan fingerprint density at radius 2 is 1.89 bits per heavy atom. The van der Waals surface area contributed by atoms with Gasteiger partial charge in [0.15, 0.2) is 0 Å². The standard InChI is InChI=1S/C12H19N3O3S/c1-3-15(9-12(16)14-2)19(17,18)11-6-4-10(8-13)5-7-11/h4-7H,3,8-9,13H2,1-2H3,(H,14,16). The minimum Gasteiger partial charge on any atom is -0.358 e. The minimum atomic E-state index is -3.65. The Hall–Kier alpha value is -1.44. The van der Waals surface area contributed by atoms with Crippen molar-refractivity contribution in [3.05, 3.63) is 29.8 Å². The van der Waals surface area contributed by atoms with Crippen molar-refractivity contribution in [3.63, 3.8) is 0 Å². The molecule has 0 saturated heterocycles. The van der Waals surface area contributed by atoms with E-state index >= 15 is 0 Å². The number of hydrogen-bond acceptors (Lipinski definition) is 4. The maximum absolute atomic E-state index is 12.3. The van der Waals surface area contributed by atoms with Crippen LogP contribution in [0.1, 0.15) is 12.5 Å². The molecule has 0 aliphatic carbocycles. The average Bonchev–Trinajstić information content (AvgIpc) is 2.44. The zero-order valence-corrected chi connectivity index (χ0v) is 11.9. The molecule has 0 unspecified atom stereocenters. The van der Waals surface area contributed by atoms with Gasteiger partial charge in [0.05, 0.1) is 11.4 Å². The van der Waals surface area contributed by atoms with E-state index in [0.29, 0.717) is 6.54 Å². The van der Waals surface area contributed by atoms with Crippen molar-refractivity contribution in [1.82, 2.24) is 9.62 Å². The van der Waals surface area contributed by atoms with Gasteiger partial charge < -0.3 is 11.1 Å². The van der Waals surface area contributed by atoms with Crippen molar-refractivity contribution >= 4 is 15.9 Å². The van der Waals surface area contributed by atoms with Crippen LogP contribution in [0.2, 0.25) is 0 Å². The summed E-state index contributed by atoms with van der Waals surface area (Å²) in [7, 11) is -2.18. The first-order chi connectivity index (χ1) is 8.95. The van der Waals surface area contributed by atoms with Crippen molar-refractivity contribution in [1.29, 1.82) is 0 Å². The largest absolute Gasteiger partial charge is 0.358 e. The number of hydrogen-bond donors (Lipinski definition) is 2. The van der Waals surface area contributed by atoms with Crippen LogP contribution in [0.25, 0.3) is 0 Å². The lowest BCUT2D eigenvalue weighted by atomic mass is 10.2. The molecule has 3 N–H and O–H groups in total. The first kappa shape index (κ1) is 15.6. The highest BCUT2D eigenvalue weighted by atomic mass is 32.2. The number of likely N-dealkylation sites (N-methyl/N-ethyl adjacent to an activating group) is 2. The maximum Gasteiger partial charge on any atom is 0.243 e. The fourth-order valence-corrected chi connectivity index (χ4v) is 2.96. The third kappa shape index (κ3) is 3.76. The van der Waals surface area contributed by atoms with E-state index in [1.807, 2.05) is 0 Å². The molecule has 1 amide bonds. The molecule has 0 aliphatic heterocycles. The van der Waals surface area contributed by atoms with Gasteiger partial charge in [-0.25, -0.2) is 8.42 Å². The molecule has 0 saturated carbocycles. The van der Waals surface area contributed by atoms with Gasteiger partial charge in [0, 0.05) is 20.1 Å². The van der Waals surface area contributed by atoms with Gasteiger partial charge in [-0.05, 0) is 17.7 Å². The van der Waals surface area contributed by atoms with Crippen LogP contribution in [0.3, 0.4) is 0 Å². The fraction of sp³-hybridized carbons (Fsp3) is 0.417. The molecule has 0 fully saturated rings. The Bertz CT molecular complexity index is 526. The number of sulfonamides is 1. The molecule has 0 bridgehead atoms. The van der Waals surface area contributed by atoms with E-state index in [9.17, 15) is 13.2 Å². The summed E-state index contributed by atoms with van der Waals surface area (Å²) in [5, 5.41) is 2.41. The predicted molar refractivity (Wildman–Crippen MR) is 72.8 cm³/mol. The van der Waals surface area contributed by atoms with Crippen molar-refractivity contribution < 1.29 is 13.2 Å². The Morgan fingerprint density at radius 1 is 1.32 bits per heavy atom. The highest BCUT2D eigenvalue weighted by Gasteiger charge is 2.24. The Morgan fingerprint density at radius 3 is 2.32 bits per heavy atom. The van der Waals surface area contributed by atoms with Crippen LogP contribution in [-0.4, -0.2) is 38.8 Å². The van der Waals surface area contributed by atoms with E-state index in [0.717, 1.165) is 9.87 Å². The van der Waals surface area contributed by atoms with Crippen LogP contribution >= 0.6 is 0 Å². The minimum absolute atomic E-state index is 0.162. The van der Waals surface area contributed by atoms with E-state index in [-0.39, 0.29) is 23.9 Å². The molecule has 0 heterocycles. The number of carbonyl (C=O) groups is 1. The number of benzene rings is 1. The monoisotopic (exact) mass is 285 g/mol. The third-order valence-electron chi connectivity index (χ3n) is 2.75. The summed E-state index contributed by atoms with van der Waals surface area (Å²) >= 11 is 0. The third-order valence-corrected chi connectivity index (χ3v) is 4.68. The SMILES string of the molecule is CCN(CC(=O)NC)S(=O)(=O)c1ccc(CN)cc1. The molecule has 7 heteroatoms. The summed E-state index contributed by atoms with van der Waals surface area (Å²) in [6, 6.07) is 6.34. The van der Waals surface area contributed by atoms with E-state index in [4.69, 9.17) is 5.73 Å². The Balaban J connectivity index is 3.02. The number of nitrogens with one attached hydrogen (secondary N) is 1. The fourth-order valence-electron chi connectivity index (χ4n) is 1.55. The number of carbonyl (C=O) groups excluding carboxylic acids is 1. The van der Waals surface area contributed by atoms with E-state index < -0.39 is 10.0 Å². The van der Waals surface area contributed by atoms with Gasteiger partial charge in [0.2, 0.25) is 15.9 Å². The lowest BCUT2D eigenvalue weighted by Crippen LogP contribution is -2.39. The maximum atomic E-state index is 12.3. The van der Waals surface area contributed by atoms with Crippen LogP contribution in [0.5, 0.6) is 0 Å². The first-order valence-electron chi connectivity index (χ1n) is 5.95. The molecule has 1 aromatic rings. The van der Waals surface area contributed by atoms with Crippen molar-refractivity contribution in [2.24, 2.45) is 5.73 Å². The highest BCUT2D eigenvalue weighted by Crippen LogP contribution is 2.16. The van der Waals surface area contributed by atoms with Crippen LogP contribution in [-0.2, 0) is 21.4 Å². The molecule has 0 atom stereocenters. The lowest BCUT2D eigenvalue weighted by Gasteiger charge is -2.19. The van der Waals surface area contributed by atoms with Gasteiger partial charge in [-0.2, -0.15) is 4.31 Å². The zero-order chi connectivity index (χ0) is 14.5. The highest BCUT2D eigenvalue weighted by molar-refractivity contribution is 7.89. The first-order valence-corrected chi connectivity index (χ1v) is 7.39. The second kappa shape index (κ2) is 6.65. The summed E-state index contributed by atoms with van der Waals surface area (Å²) < 4.78 is 25.8. The van der Waals surface area contributed by atoms with Crippen LogP contribution < -0.4 is 11.1 Å². The molecule has 1 aromatic carbocycles. The number of amides is 1. The smallest absolute Gasteiger partial charge is 0.243 e. The topological polar surface area (TPSA) is 92.5 Å². The molecule has 0 radical (unpaired) electrons. The van der Waals surface area contributed by atoms with Crippen molar-refractivity contribution in [3.8, 4) is 0 Å². The van der Waals surface area contributed by atoms with Gasteiger partial charge in [0.1, 0.15) is 0 Å². The summed E-state index contributed by atoms with van der Waals surface area (Å²) in [5.41, 5.74) is 6.32. The molecule has 19 heavy (non-hydrogen) atoms. The molecular formula is C12H19N3O3S. The molecule has 0 aliphatic rings. The van der Waals surface area contributed by atoms with Gasteiger partial charge in [-0.15, -0.1) is 0 Å². The lowest BCUT2D eigenvalue weighted by molar-refractivity contribution is -0.120. The van der Waals surface area contributed by atoms with E-state index in [1.54, 1.807) is 19.1 Å². The summed E-state index contributed by atoms with van der Waals surface area (Å²) in [4.78, 5) is 11.5. The van der Waals surface area contributed by atoms with Gasteiger partial charge in [0.25, 0.3) is 0 Å².